The number of hydrogen-bond acceptors (Lipinski definition) is 6. The van der Waals surface area contributed by atoms with Crippen molar-refractivity contribution in [3.63, 3.8) is 0 Å². The Morgan fingerprint density at radius 3 is 2.74 bits per heavy atom. The van der Waals surface area contributed by atoms with Gasteiger partial charge < -0.3 is 19.7 Å². The van der Waals surface area contributed by atoms with Gasteiger partial charge in [0.05, 0.1) is 19.7 Å². The summed E-state index contributed by atoms with van der Waals surface area (Å²) in [6.45, 7) is 6.72. The molecule has 0 unspecified atom stereocenters. The molecule has 1 amide bonds. The Bertz CT molecular complexity index is 722. The van der Waals surface area contributed by atoms with Crippen molar-refractivity contribution >= 4 is 11.9 Å². The first-order valence-electron chi connectivity index (χ1n) is 9.27. The summed E-state index contributed by atoms with van der Waals surface area (Å²) in [6, 6.07) is 9.81. The van der Waals surface area contributed by atoms with Gasteiger partial charge in [0, 0.05) is 18.9 Å². The molecule has 7 heteroatoms. The maximum Gasteiger partial charge on any atom is 0.251 e. The minimum atomic E-state index is -0.534. The summed E-state index contributed by atoms with van der Waals surface area (Å²) in [5.74, 6) is 1.77. The minimum absolute atomic E-state index is 0.144. The third-order valence-electron chi connectivity index (χ3n) is 4.41. The molecule has 1 saturated heterocycles. The molecule has 2 heterocycles. The Balaban J connectivity index is 1.41. The van der Waals surface area contributed by atoms with Gasteiger partial charge in [-0.2, -0.15) is 0 Å². The van der Waals surface area contributed by atoms with Crippen molar-refractivity contribution in [1.29, 1.82) is 0 Å². The minimum Gasteiger partial charge on any atom is -0.492 e. The van der Waals surface area contributed by atoms with Gasteiger partial charge in [-0.25, -0.2) is 9.97 Å². The van der Waals surface area contributed by atoms with Crippen molar-refractivity contribution in [2.24, 2.45) is 0 Å². The van der Waals surface area contributed by atoms with E-state index in [1.54, 1.807) is 18.5 Å². The largest absolute Gasteiger partial charge is 0.492 e. The predicted molar refractivity (Wildman–Crippen MR) is 103 cm³/mol. The molecule has 1 atom stereocenters. The Labute approximate surface area is 159 Å². The van der Waals surface area contributed by atoms with Crippen LogP contribution in [0.15, 0.2) is 42.7 Å². The molecular formula is C20H26N4O3. The van der Waals surface area contributed by atoms with Gasteiger partial charge in [0.15, 0.2) is 6.10 Å². The second-order valence-electron chi connectivity index (χ2n) is 6.72. The first-order valence-corrected chi connectivity index (χ1v) is 9.27. The third kappa shape index (κ3) is 5.40. The topological polar surface area (TPSA) is 76.6 Å². The molecule has 7 nitrogen and oxygen atoms in total. The van der Waals surface area contributed by atoms with Crippen LogP contribution in [0.5, 0.6) is 5.75 Å². The molecule has 3 rings (SSSR count). The molecule has 0 radical (unpaired) electrons. The number of benzene rings is 1. The highest BCUT2D eigenvalue weighted by Crippen LogP contribution is 2.18. The number of hydrogen-bond donors (Lipinski definition) is 1. The zero-order valence-electron chi connectivity index (χ0n) is 15.8. The van der Waals surface area contributed by atoms with E-state index in [0.29, 0.717) is 44.7 Å². The van der Waals surface area contributed by atoms with Crippen LogP contribution in [-0.4, -0.2) is 54.8 Å². The van der Waals surface area contributed by atoms with E-state index in [1.807, 2.05) is 17.0 Å². The number of nitrogens with one attached hydrogen (secondary N) is 1. The molecule has 1 aliphatic rings. The number of rotatable bonds is 7. The Kier molecular flexibility index (Phi) is 6.59. The average Bonchev–Trinajstić information content (AvgIpc) is 2.72. The maximum atomic E-state index is 12.3. The molecule has 0 spiro atoms. The first kappa shape index (κ1) is 19.1. The molecule has 1 aromatic heterocycles. The van der Waals surface area contributed by atoms with E-state index >= 15 is 0 Å². The quantitative estimate of drug-likeness (QED) is 0.752. The van der Waals surface area contributed by atoms with Crippen molar-refractivity contribution in [2.75, 3.05) is 37.7 Å². The van der Waals surface area contributed by atoms with Gasteiger partial charge >= 0.3 is 0 Å². The standard InChI is InChI=1S/C20H26N4O3/c1-15(2)16-4-6-17(7-5-16)26-12-10-21-19(25)18-14-24(11-13-27-18)20-22-8-3-9-23-20/h3-9,15,18H,10-14H2,1-2H3,(H,21,25)/t18-/m1/s1. The second-order valence-corrected chi connectivity index (χ2v) is 6.72. The number of anilines is 1. The van der Waals surface area contributed by atoms with Crippen molar-refractivity contribution in [1.82, 2.24) is 15.3 Å². The van der Waals surface area contributed by atoms with Gasteiger partial charge in [0.25, 0.3) is 5.91 Å². The highest BCUT2D eigenvalue weighted by molar-refractivity contribution is 5.81. The van der Waals surface area contributed by atoms with Gasteiger partial charge in [-0.3, -0.25) is 4.79 Å². The first-order chi connectivity index (χ1) is 13.1. The molecule has 1 fully saturated rings. The number of carbonyl (C=O) groups excluding carboxylic acids is 1. The highest BCUT2D eigenvalue weighted by atomic mass is 16.5. The number of amides is 1. The summed E-state index contributed by atoms with van der Waals surface area (Å²) >= 11 is 0. The fourth-order valence-electron chi connectivity index (χ4n) is 2.85. The van der Waals surface area contributed by atoms with E-state index in [9.17, 15) is 4.79 Å². The van der Waals surface area contributed by atoms with Crippen LogP contribution in [0.4, 0.5) is 5.95 Å². The predicted octanol–water partition coefficient (Wildman–Crippen LogP) is 2.00. The fraction of sp³-hybridized carbons (Fsp3) is 0.450. The Morgan fingerprint density at radius 1 is 1.30 bits per heavy atom. The fourth-order valence-corrected chi connectivity index (χ4v) is 2.85. The number of aromatic nitrogens is 2. The van der Waals surface area contributed by atoms with Crippen LogP contribution in [0, 0.1) is 0 Å². The summed E-state index contributed by atoms with van der Waals surface area (Å²) in [5, 5.41) is 2.87. The van der Waals surface area contributed by atoms with Crippen LogP contribution in [0.3, 0.4) is 0 Å². The van der Waals surface area contributed by atoms with Crippen LogP contribution in [0.25, 0.3) is 0 Å². The van der Waals surface area contributed by atoms with E-state index in [1.165, 1.54) is 5.56 Å². The number of ether oxygens (including phenoxy) is 2. The lowest BCUT2D eigenvalue weighted by Gasteiger charge is -2.32. The zero-order chi connectivity index (χ0) is 19.1. The van der Waals surface area contributed by atoms with Crippen molar-refractivity contribution in [2.45, 2.75) is 25.9 Å². The van der Waals surface area contributed by atoms with Gasteiger partial charge in [0.1, 0.15) is 12.4 Å². The lowest BCUT2D eigenvalue weighted by atomic mass is 10.0. The van der Waals surface area contributed by atoms with Gasteiger partial charge in [-0.15, -0.1) is 0 Å². The maximum absolute atomic E-state index is 12.3. The summed E-state index contributed by atoms with van der Waals surface area (Å²) < 4.78 is 11.3. The van der Waals surface area contributed by atoms with Crippen LogP contribution in [0.1, 0.15) is 25.3 Å². The van der Waals surface area contributed by atoms with E-state index in [0.717, 1.165) is 5.75 Å². The second kappa shape index (κ2) is 9.32. The molecule has 1 aliphatic heterocycles. The van der Waals surface area contributed by atoms with Gasteiger partial charge in [-0.05, 0) is 29.7 Å². The zero-order valence-corrected chi connectivity index (χ0v) is 15.8. The van der Waals surface area contributed by atoms with Crippen molar-refractivity contribution < 1.29 is 14.3 Å². The molecule has 27 heavy (non-hydrogen) atoms. The van der Waals surface area contributed by atoms with E-state index in [2.05, 4.69) is 41.3 Å². The molecule has 0 saturated carbocycles. The Hall–Kier alpha value is -2.67. The summed E-state index contributed by atoms with van der Waals surface area (Å²) in [7, 11) is 0. The normalized spacial score (nSPS) is 17.0. The number of nitrogens with zero attached hydrogens (tertiary/aromatic N) is 3. The van der Waals surface area contributed by atoms with Crippen LogP contribution < -0.4 is 15.0 Å². The molecule has 144 valence electrons. The van der Waals surface area contributed by atoms with Crippen LogP contribution in [0.2, 0.25) is 0 Å². The molecule has 1 N–H and O–H groups in total. The molecule has 0 bridgehead atoms. The van der Waals surface area contributed by atoms with Crippen LogP contribution in [-0.2, 0) is 9.53 Å². The Morgan fingerprint density at radius 2 is 2.04 bits per heavy atom. The van der Waals surface area contributed by atoms with E-state index in [-0.39, 0.29) is 5.91 Å². The molecular weight excluding hydrogens is 344 g/mol. The van der Waals surface area contributed by atoms with Crippen LogP contribution >= 0.6 is 0 Å². The molecule has 1 aromatic carbocycles. The molecule has 0 aliphatic carbocycles. The third-order valence-corrected chi connectivity index (χ3v) is 4.41. The van der Waals surface area contributed by atoms with E-state index < -0.39 is 6.10 Å². The van der Waals surface area contributed by atoms with Gasteiger partial charge in [-0.1, -0.05) is 26.0 Å². The monoisotopic (exact) mass is 370 g/mol. The molecule has 2 aromatic rings. The lowest BCUT2D eigenvalue weighted by molar-refractivity contribution is -0.133. The van der Waals surface area contributed by atoms with E-state index in [4.69, 9.17) is 9.47 Å². The van der Waals surface area contributed by atoms with Gasteiger partial charge in [0.2, 0.25) is 5.95 Å². The van der Waals surface area contributed by atoms with Crippen molar-refractivity contribution in [3.8, 4) is 5.75 Å². The van der Waals surface area contributed by atoms with Crippen molar-refractivity contribution in [3.05, 3.63) is 48.3 Å². The average molecular weight is 370 g/mol. The smallest absolute Gasteiger partial charge is 0.251 e. The summed E-state index contributed by atoms with van der Waals surface area (Å²) in [4.78, 5) is 22.8. The summed E-state index contributed by atoms with van der Waals surface area (Å²) in [5.41, 5.74) is 1.28. The highest BCUT2D eigenvalue weighted by Gasteiger charge is 2.27. The lowest BCUT2D eigenvalue weighted by Crippen LogP contribution is -2.50. The number of morpholine rings is 1. The summed E-state index contributed by atoms with van der Waals surface area (Å²) in [6.07, 6.45) is 2.85. The SMILES string of the molecule is CC(C)c1ccc(OCCNC(=O)[C@H]2CN(c3ncccn3)CCO2)cc1. The number of carbonyl (C=O) groups is 1.